The summed E-state index contributed by atoms with van der Waals surface area (Å²) in [6.07, 6.45) is 0. The normalized spacial score (nSPS) is 17.1. The standard InChI is InChI=1S/C10H12O8S/c1-5-6(4-18-19(13,14)15)8(12)10(17-3)9(16-2)7(5)11/h4H2,1-3H3,(H,13,14,15). The summed E-state index contributed by atoms with van der Waals surface area (Å²) < 4.78 is 43.1. The Morgan fingerprint density at radius 2 is 1.53 bits per heavy atom. The fourth-order valence-corrected chi connectivity index (χ4v) is 1.77. The Hall–Kier alpha value is -1.71. The summed E-state index contributed by atoms with van der Waals surface area (Å²) in [5, 5.41) is 0. The van der Waals surface area contributed by atoms with E-state index in [0.717, 1.165) is 0 Å². The fourth-order valence-electron chi connectivity index (χ4n) is 1.50. The van der Waals surface area contributed by atoms with Crippen molar-refractivity contribution in [1.29, 1.82) is 0 Å². The number of Topliss-reactive ketones (excluding diaryl/α,β-unsaturated/α-hetero) is 2. The van der Waals surface area contributed by atoms with E-state index in [2.05, 4.69) is 4.18 Å². The second kappa shape index (κ2) is 5.51. The van der Waals surface area contributed by atoms with Crippen LogP contribution in [0.25, 0.3) is 0 Å². The van der Waals surface area contributed by atoms with Crippen molar-refractivity contribution < 1.29 is 36.2 Å². The van der Waals surface area contributed by atoms with Crippen LogP contribution < -0.4 is 0 Å². The van der Waals surface area contributed by atoms with E-state index in [1.54, 1.807) is 0 Å². The maximum absolute atomic E-state index is 12.0. The molecule has 0 aromatic rings. The Bertz CT molecular complexity index is 581. The second-order valence-corrected chi connectivity index (χ2v) is 4.61. The highest BCUT2D eigenvalue weighted by atomic mass is 32.3. The number of methoxy groups -OCH3 is 2. The van der Waals surface area contributed by atoms with Gasteiger partial charge in [0.25, 0.3) is 0 Å². The van der Waals surface area contributed by atoms with E-state index in [9.17, 15) is 18.0 Å². The van der Waals surface area contributed by atoms with Crippen LogP contribution in [-0.4, -0.2) is 45.4 Å². The molecule has 0 saturated carbocycles. The van der Waals surface area contributed by atoms with E-state index in [4.69, 9.17) is 14.0 Å². The highest BCUT2D eigenvalue weighted by Gasteiger charge is 2.35. The Balaban J connectivity index is 3.17. The third-order valence-corrected chi connectivity index (χ3v) is 2.86. The zero-order valence-corrected chi connectivity index (χ0v) is 11.2. The minimum Gasteiger partial charge on any atom is -0.489 e. The number of hydrogen-bond acceptors (Lipinski definition) is 7. The Kier molecular flexibility index (Phi) is 4.45. The van der Waals surface area contributed by atoms with Crippen LogP contribution >= 0.6 is 0 Å². The molecule has 1 aliphatic carbocycles. The summed E-state index contributed by atoms with van der Waals surface area (Å²) in [6.45, 7) is 0.549. The van der Waals surface area contributed by atoms with E-state index in [0.29, 0.717) is 0 Å². The van der Waals surface area contributed by atoms with Crippen LogP contribution in [-0.2, 0) is 33.6 Å². The van der Waals surface area contributed by atoms with Gasteiger partial charge in [-0.3, -0.25) is 14.1 Å². The molecule has 1 rings (SSSR count). The number of ketones is 2. The van der Waals surface area contributed by atoms with Crippen LogP contribution in [0.2, 0.25) is 0 Å². The predicted octanol–water partition coefficient (Wildman–Crippen LogP) is -0.221. The molecule has 0 spiro atoms. The largest absolute Gasteiger partial charge is 0.489 e. The lowest BCUT2D eigenvalue weighted by Crippen LogP contribution is -2.27. The molecule has 0 unspecified atom stereocenters. The molecule has 0 heterocycles. The van der Waals surface area contributed by atoms with Crippen LogP contribution in [0.15, 0.2) is 22.7 Å². The molecule has 0 aliphatic heterocycles. The molecule has 0 aromatic heterocycles. The molecule has 0 radical (unpaired) electrons. The Morgan fingerprint density at radius 1 is 1.05 bits per heavy atom. The summed E-state index contributed by atoms with van der Waals surface area (Å²) in [4.78, 5) is 23.8. The number of carbonyl (C=O) groups is 2. The van der Waals surface area contributed by atoms with E-state index in [-0.39, 0.29) is 22.7 Å². The molecule has 1 N–H and O–H groups in total. The van der Waals surface area contributed by atoms with Crippen LogP contribution in [0.3, 0.4) is 0 Å². The SMILES string of the molecule is COC1=C(OC)C(=O)C(COS(=O)(=O)O)=C(C)C1=O. The Labute approximate surface area is 109 Å². The molecule has 1 aliphatic rings. The monoisotopic (exact) mass is 292 g/mol. The third-order valence-electron chi connectivity index (χ3n) is 2.45. The maximum Gasteiger partial charge on any atom is 0.397 e. The van der Waals surface area contributed by atoms with Crippen LogP contribution in [0.1, 0.15) is 6.92 Å². The van der Waals surface area contributed by atoms with Crippen LogP contribution in [0.5, 0.6) is 0 Å². The van der Waals surface area contributed by atoms with Gasteiger partial charge >= 0.3 is 10.4 Å². The molecule has 0 aromatic carbocycles. The molecule has 9 heteroatoms. The van der Waals surface area contributed by atoms with Gasteiger partial charge in [-0.1, -0.05) is 0 Å². The summed E-state index contributed by atoms with van der Waals surface area (Å²) in [5.74, 6) is -1.96. The summed E-state index contributed by atoms with van der Waals surface area (Å²) in [7, 11) is -2.35. The molecule has 0 atom stereocenters. The lowest BCUT2D eigenvalue weighted by atomic mass is 9.94. The molecule has 0 saturated heterocycles. The van der Waals surface area contributed by atoms with Gasteiger partial charge in [-0.2, -0.15) is 8.42 Å². The van der Waals surface area contributed by atoms with Gasteiger partial charge < -0.3 is 9.47 Å². The van der Waals surface area contributed by atoms with Crippen molar-refractivity contribution in [3.8, 4) is 0 Å². The van der Waals surface area contributed by atoms with Crippen molar-refractivity contribution in [1.82, 2.24) is 0 Å². The first-order chi connectivity index (χ1) is 8.72. The van der Waals surface area contributed by atoms with Crippen molar-refractivity contribution >= 4 is 22.0 Å². The fraction of sp³-hybridized carbons (Fsp3) is 0.400. The van der Waals surface area contributed by atoms with Gasteiger partial charge in [0.05, 0.1) is 20.8 Å². The molecule has 0 fully saturated rings. The van der Waals surface area contributed by atoms with E-state index in [1.807, 2.05) is 0 Å². The molecule has 8 nitrogen and oxygen atoms in total. The minimum atomic E-state index is -4.72. The highest BCUT2D eigenvalue weighted by molar-refractivity contribution is 7.80. The number of rotatable bonds is 5. The van der Waals surface area contributed by atoms with Gasteiger partial charge in [0.1, 0.15) is 0 Å². The summed E-state index contributed by atoms with van der Waals surface area (Å²) in [6, 6.07) is 0. The predicted molar refractivity (Wildman–Crippen MR) is 61.3 cm³/mol. The number of hydrogen-bond donors (Lipinski definition) is 1. The molecule has 0 bridgehead atoms. The zero-order chi connectivity index (χ0) is 14.8. The number of allylic oxidation sites excluding steroid dienone is 2. The van der Waals surface area contributed by atoms with Gasteiger partial charge in [-0.25, -0.2) is 4.18 Å². The van der Waals surface area contributed by atoms with Gasteiger partial charge in [0, 0.05) is 11.1 Å². The first-order valence-corrected chi connectivity index (χ1v) is 6.32. The van der Waals surface area contributed by atoms with Crippen LogP contribution in [0.4, 0.5) is 0 Å². The maximum atomic E-state index is 12.0. The third kappa shape index (κ3) is 3.19. The van der Waals surface area contributed by atoms with Crippen molar-refractivity contribution in [2.45, 2.75) is 6.92 Å². The molecule has 19 heavy (non-hydrogen) atoms. The smallest absolute Gasteiger partial charge is 0.397 e. The lowest BCUT2D eigenvalue weighted by molar-refractivity contribution is -0.121. The Morgan fingerprint density at radius 3 is 1.95 bits per heavy atom. The van der Waals surface area contributed by atoms with Crippen molar-refractivity contribution in [3.05, 3.63) is 22.7 Å². The quantitative estimate of drug-likeness (QED) is 0.546. The van der Waals surface area contributed by atoms with Crippen molar-refractivity contribution in [2.24, 2.45) is 0 Å². The summed E-state index contributed by atoms with van der Waals surface area (Å²) in [5.41, 5.74) is -0.258. The zero-order valence-electron chi connectivity index (χ0n) is 10.4. The van der Waals surface area contributed by atoms with Crippen LogP contribution in [0, 0.1) is 0 Å². The number of ether oxygens (including phenoxy) is 2. The minimum absolute atomic E-state index is 0.0358. The van der Waals surface area contributed by atoms with E-state index >= 15 is 0 Å². The van der Waals surface area contributed by atoms with E-state index in [1.165, 1.54) is 21.1 Å². The van der Waals surface area contributed by atoms with Crippen molar-refractivity contribution in [2.75, 3.05) is 20.8 Å². The van der Waals surface area contributed by atoms with Gasteiger partial charge in [0.15, 0.2) is 0 Å². The molecular weight excluding hydrogens is 280 g/mol. The van der Waals surface area contributed by atoms with Gasteiger partial charge in [-0.05, 0) is 6.92 Å². The molecule has 106 valence electrons. The van der Waals surface area contributed by atoms with Gasteiger partial charge in [0.2, 0.25) is 23.1 Å². The lowest BCUT2D eigenvalue weighted by Gasteiger charge is -2.19. The highest BCUT2D eigenvalue weighted by Crippen LogP contribution is 2.25. The number of carbonyl (C=O) groups excluding carboxylic acids is 2. The molecule has 0 amide bonds. The first kappa shape index (κ1) is 15.3. The average molecular weight is 292 g/mol. The van der Waals surface area contributed by atoms with E-state index < -0.39 is 28.6 Å². The average Bonchev–Trinajstić information content (AvgIpc) is 2.31. The first-order valence-electron chi connectivity index (χ1n) is 4.96. The topological polar surface area (TPSA) is 116 Å². The van der Waals surface area contributed by atoms with Gasteiger partial charge in [-0.15, -0.1) is 0 Å². The second-order valence-electron chi connectivity index (χ2n) is 3.52. The van der Waals surface area contributed by atoms with Crippen molar-refractivity contribution in [3.63, 3.8) is 0 Å². The molecular formula is C10H12O8S. The summed E-state index contributed by atoms with van der Waals surface area (Å²) >= 11 is 0.